The van der Waals surface area contributed by atoms with Crippen LogP contribution in [0.5, 0.6) is 0 Å². The quantitative estimate of drug-likeness (QED) is 0.575. The summed E-state index contributed by atoms with van der Waals surface area (Å²) in [5, 5.41) is 2.94. The molecule has 4 nitrogen and oxygen atoms in total. The zero-order valence-electron chi connectivity index (χ0n) is 11.6. The van der Waals surface area contributed by atoms with Crippen molar-refractivity contribution in [3.05, 3.63) is 0 Å². The molecule has 0 bridgehead atoms. The van der Waals surface area contributed by atoms with Crippen molar-refractivity contribution in [2.75, 3.05) is 26.3 Å². The lowest BCUT2D eigenvalue weighted by molar-refractivity contribution is -0.131. The van der Waals surface area contributed by atoms with E-state index in [2.05, 4.69) is 19.2 Å². The zero-order valence-corrected chi connectivity index (χ0v) is 11.6. The molecule has 0 fully saturated rings. The van der Waals surface area contributed by atoms with E-state index in [1.54, 1.807) is 0 Å². The van der Waals surface area contributed by atoms with E-state index in [9.17, 15) is 4.79 Å². The lowest BCUT2D eigenvalue weighted by Crippen LogP contribution is -2.46. The Morgan fingerprint density at radius 3 is 2.24 bits per heavy atom. The number of hydrogen-bond acceptors (Lipinski definition) is 3. The van der Waals surface area contributed by atoms with Crippen LogP contribution >= 0.6 is 0 Å². The van der Waals surface area contributed by atoms with Crippen LogP contribution in [0, 0.1) is 5.41 Å². The van der Waals surface area contributed by atoms with E-state index < -0.39 is 0 Å². The van der Waals surface area contributed by atoms with E-state index >= 15 is 0 Å². The molecule has 0 saturated heterocycles. The fourth-order valence-electron chi connectivity index (χ4n) is 2.17. The van der Waals surface area contributed by atoms with Gasteiger partial charge < -0.3 is 15.8 Å². The standard InChI is InChI=1S/C13H28N2O2/c1-4-7-13(11-14,8-5-2)12(16)15-9-10-17-6-3/h4-11,14H2,1-3H3,(H,15,16). The number of carbonyl (C=O) groups is 1. The minimum absolute atomic E-state index is 0.0865. The minimum Gasteiger partial charge on any atom is -0.380 e. The smallest absolute Gasteiger partial charge is 0.227 e. The van der Waals surface area contributed by atoms with Crippen LogP contribution in [0.4, 0.5) is 0 Å². The van der Waals surface area contributed by atoms with Crippen LogP contribution in [0.1, 0.15) is 46.5 Å². The number of nitrogens with two attached hydrogens (primary N) is 1. The molecule has 1 amide bonds. The first-order valence-corrected chi connectivity index (χ1v) is 6.73. The maximum Gasteiger partial charge on any atom is 0.227 e. The second-order valence-corrected chi connectivity index (χ2v) is 4.44. The average Bonchev–Trinajstić information content (AvgIpc) is 2.34. The van der Waals surface area contributed by atoms with E-state index in [1.165, 1.54) is 0 Å². The van der Waals surface area contributed by atoms with Gasteiger partial charge in [0.05, 0.1) is 12.0 Å². The Kier molecular flexibility index (Phi) is 9.09. The van der Waals surface area contributed by atoms with Gasteiger partial charge in [0.2, 0.25) is 5.91 Å². The van der Waals surface area contributed by atoms with Crippen molar-refractivity contribution >= 4 is 5.91 Å². The minimum atomic E-state index is -0.379. The van der Waals surface area contributed by atoms with Gasteiger partial charge in [0.25, 0.3) is 0 Å². The Labute approximate surface area is 105 Å². The summed E-state index contributed by atoms with van der Waals surface area (Å²) in [5.74, 6) is 0.0865. The Hall–Kier alpha value is -0.610. The topological polar surface area (TPSA) is 64.4 Å². The molecule has 0 rings (SSSR count). The van der Waals surface area contributed by atoms with Crippen LogP contribution in [-0.2, 0) is 9.53 Å². The molecule has 0 aromatic rings. The summed E-state index contributed by atoms with van der Waals surface area (Å²) in [6.07, 6.45) is 3.68. The molecule has 0 saturated carbocycles. The molecule has 0 aliphatic heterocycles. The van der Waals surface area contributed by atoms with E-state index in [0.717, 1.165) is 25.7 Å². The van der Waals surface area contributed by atoms with Crippen molar-refractivity contribution in [2.24, 2.45) is 11.1 Å². The predicted octanol–water partition coefficient (Wildman–Crippen LogP) is 1.68. The maximum absolute atomic E-state index is 12.2. The second kappa shape index (κ2) is 9.42. The summed E-state index contributed by atoms with van der Waals surface area (Å²) in [7, 11) is 0. The zero-order chi connectivity index (χ0) is 13.1. The van der Waals surface area contributed by atoms with Gasteiger partial charge in [0.1, 0.15) is 0 Å². The third kappa shape index (κ3) is 5.50. The van der Waals surface area contributed by atoms with Gasteiger partial charge in [0, 0.05) is 19.7 Å². The van der Waals surface area contributed by atoms with Gasteiger partial charge >= 0.3 is 0 Å². The SMILES string of the molecule is CCCC(CN)(CCC)C(=O)NCCOCC. The van der Waals surface area contributed by atoms with E-state index in [0.29, 0.717) is 26.3 Å². The van der Waals surface area contributed by atoms with Crippen LogP contribution in [0.15, 0.2) is 0 Å². The van der Waals surface area contributed by atoms with Gasteiger partial charge in [-0.3, -0.25) is 4.79 Å². The highest BCUT2D eigenvalue weighted by Gasteiger charge is 2.34. The number of amides is 1. The van der Waals surface area contributed by atoms with Gasteiger partial charge in [-0.05, 0) is 19.8 Å². The van der Waals surface area contributed by atoms with Crippen LogP contribution in [0.3, 0.4) is 0 Å². The molecule has 4 heteroatoms. The molecule has 17 heavy (non-hydrogen) atoms. The molecule has 0 unspecified atom stereocenters. The van der Waals surface area contributed by atoms with Gasteiger partial charge in [-0.15, -0.1) is 0 Å². The fourth-order valence-corrected chi connectivity index (χ4v) is 2.17. The summed E-state index contributed by atoms with van der Waals surface area (Å²) in [6.45, 7) is 8.38. The molecule has 0 spiro atoms. The monoisotopic (exact) mass is 244 g/mol. The molecule has 0 aromatic heterocycles. The van der Waals surface area contributed by atoms with Gasteiger partial charge in [0.15, 0.2) is 0 Å². The third-order valence-corrected chi connectivity index (χ3v) is 3.07. The fraction of sp³-hybridized carbons (Fsp3) is 0.923. The first kappa shape index (κ1) is 16.4. The van der Waals surface area contributed by atoms with Crippen LogP contribution in [0.2, 0.25) is 0 Å². The van der Waals surface area contributed by atoms with Crippen molar-refractivity contribution in [1.82, 2.24) is 5.32 Å². The molecule has 102 valence electrons. The van der Waals surface area contributed by atoms with Crippen molar-refractivity contribution in [1.29, 1.82) is 0 Å². The van der Waals surface area contributed by atoms with Crippen molar-refractivity contribution in [3.63, 3.8) is 0 Å². The average molecular weight is 244 g/mol. The Morgan fingerprint density at radius 2 is 1.82 bits per heavy atom. The Balaban J connectivity index is 4.30. The summed E-state index contributed by atoms with van der Waals surface area (Å²) < 4.78 is 5.20. The van der Waals surface area contributed by atoms with E-state index in [-0.39, 0.29) is 11.3 Å². The largest absolute Gasteiger partial charge is 0.380 e. The lowest BCUT2D eigenvalue weighted by Gasteiger charge is -2.30. The Bertz CT molecular complexity index is 202. The molecule has 0 heterocycles. The molecular formula is C13H28N2O2. The molecule has 0 aliphatic carbocycles. The van der Waals surface area contributed by atoms with E-state index in [4.69, 9.17) is 10.5 Å². The summed E-state index contributed by atoms with van der Waals surface area (Å²) in [6, 6.07) is 0. The van der Waals surface area contributed by atoms with Crippen LogP contribution < -0.4 is 11.1 Å². The first-order chi connectivity index (χ1) is 8.16. The Morgan fingerprint density at radius 1 is 1.24 bits per heavy atom. The number of nitrogens with one attached hydrogen (secondary N) is 1. The second-order valence-electron chi connectivity index (χ2n) is 4.44. The summed E-state index contributed by atoms with van der Waals surface area (Å²) in [4.78, 5) is 12.2. The number of hydrogen-bond donors (Lipinski definition) is 2. The molecule has 3 N–H and O–H groups in total. The van der Waals surface area contributed by atoms with Crippen LogP contribution in [-0.4, -0.2) is 32.2 Å². The van der Waals surface area contributed by atoms with Gasteiger partial charge in [-0.1, -0.05) is 26.7 Å². The van der Waals surface area contributed by atoms with Crippen molar-refractivity contribution < 1.29 is 9.53 Å². The predicted molar refractivity (Wildman–Crippen MR) is 70.8 cm³/mol. The molecule has 0 atom stereocenters. The highest BCUT2D eigenvalue weighted by molar-refractivity contribution is 5.82. The van der Waals surface area contributed by atoms with Gasteiger partial charge in [-0.25, -0.2) is 0 Å². The maximum atomic E-state index is 12.2. The molecular weight excluding hydrogens is 216 g/mol. The molecule has 0 aromatic carbocycles. The van der Waals surface area contributed by atoms with Crippen LogP contribution in [0.25, 0.3) is 0 Å². The molecule has 0 aliphatic rings. The van der Waals surface area contributed by atoms with Crippen molar-refractivity contribution in [3.8, 4) is 0 Å². The first-order valence-electron chi connectivity index (χ1n) is 6.73. The highest BCUT2D eigenvalue weighted by Crippen LogP contribution is 2.28. The third-order valence-electron chi connectivity index (χ3n) is 3.07. The number of ether oxygens (including phenoxy) is 1. The summed E-state index contributed by atoms with van der Waals surface area (Å²) in [5.41, 5.74) is 5.44. The normalized spacial score (nSPS) is 11.5. The number of rotatable bonds is 10. The summed E-state index contributed by atoms with van der Waals surface area (Å²) >= 11 is 0. The lowest BCUT2D eigenvalue weighted by atomic mass is 9.78. The highest BCUT2D eigenvalue weighted by atomic mass is 16.5. The molecule has 0 radical (unpaired) electrons. The number of carbonyl (C=O) groups excluding carboxylic acids is 1. The van der Waals surface area contributed by atoms with Gasteiger partial charge in [-0.2, -0.15) is 0 Å². The van der Waals surface area contributed by atoms with Crippen molar-refractivity contribution in [2.45, 2.75) is 46.5 Å². The van der Waals surface area contributed by atoms with E-state index in [1.807, 2.05) is 6.92 Å².